The minimum absolute atomic E-state index is 0.0570. The van der Waals surface area contributed by atoms with E-state index in [0.717, 1.165) is 0 Å². The lowest BCUT2D eigenvalue weighted by Gasteiger charge is -2.08. The molecule has 108 valence electrons. The average molecular weight is 353 g/mol. The highest BCUT2D eigenvalue weighted by atomic mass is 79.9. The van der Waals surface area contributed by atoms with Gasteiger partial charge in [0.05, 0.1) is 10.6 Å². The molecule has 0 fully saturated rings. The normalized spacial score (nSPS) is 10.2. The number of carbonyl (C=O) groups excluding carboxylic acids is 1. The second-order valence-corrected chi connectivity index (χ2v) is 5.19. The van der Waals surface area contributed by atoms with Crippen LogP contribution in [0.15, 0.2) is 40.9 Å². The molecule has 2 rings (SSSR count). The van der Waals surface area contributed by atoms with Crippen LogP contribution in [0.5, 0.6) is 0 Å². The van der Waals surface area contributed by atoms with Crippen molar-refractivity contribution in [3.63, 3.8) is 0 Å². The van der Waals surface area contributed by atoms with Crippen molar-refractivity contribution in [1.29, 1.82) is 0 Å². The molecule has 1 amide bonds. The maximum atomic E-state index is 13.2. The number of amides is 1. The highest BCUT2D eigenvalue weighted by molar-refractivity contribution is 9.10. The lowest BCUT2D eigenvalue weighted by molar-refractivity contribution is -0.385. The van der Waals surface area contributed by atoms with E-state index in [1.165, 1.54) is 36.4 Å². The molecule has 1 N–H and O–H groups in total. The van der Waals surface area contributed by atoms with Gasteiger partial charge in [0.1, 0.15) is 5.82 Å². The molecule has 2 aromatic rings. The Balaban J connectivity index is 2.26. The van der Waals surface area contributed by atoms with Crippen molar-refractivity contribution in [2.24, 2.45) is 0 Å². The van der Waals surface area contributed by atoms with Crippen LogP contribution in [0.2, 0.25) is 0 Å². The number of nitro benzene ring substituents is 1. The first-order valence-corrected chi connectivity index (χ1v) is 6.69. The summed E-state index contributed by atoms with van der Waals surface area (Å²) in [5.74, 6) is -0.951. The van der Waals surface area contributed by atoms with Crippen LogP contribution in [-0.2, 0) is 0 Å². The Morgan fingerprint density at radius 3 is 2.62 bits per heavy atom. The first-order chi connectivity index (χ1) is 9.88. The predicted octanol–water partition coefficient (Wildman–Crippen LogP) is 4.06. The van der Waals surface area contributed by atoms with E-state index >= 15 is 0 Å². The van der Waals surface area contributed by atoms with Gasteiger partial charge in [-0.3, -0.25) is 14.9 Å². The van der Waals surface area contributed by atoms with Crippen molar-refractivity contribution in [3.05, 3.63) is 67.9 Å². The zero-order valence-electron chi connectivity index (χ0n) is 10.9. The largest absolute Gasteiger partial charge is 0.321 e. The first-order valence-electron chi connectivity index (χ1n) is 5.90. The number of anilines is 1. The summed E-state index contributed by atoms with van der Waals surface area (Å²) in [5, 5.41) is 13.3. The summed E-state index contributed by atoms with van der Waals surface area (Å²) in [7, 11) is 0. The van der Waals surface area contributed by atoms with Gasteiger partial charge in [-0.1, -0.05) is 0 Å². The molecule has 0 aliphatic carbocycles. The summed E-state index contributed by atoms with van der Waals surface area (Å²) in [4.78, 5) is 22.3. The molecule has 21 heavy (non-hydrogen) atoms. The topological polar surface area (TPSA) is 72.2 Å². The second kappa shape index (κ2) is 6.01. The maximum Gasteiger partial charge on any atom is 0.272 e. The maximum absolute atomic E-state index is 13.2. The number of benzene rings is 2. The van der Waals surface area contributed by atoms with Crippen LogP contribution in [0, 0.1) is 22.9 Å². The molecular weight excluding hydrogens is 343 g/mol. The molecule has 7 heteroatoms. The van der Waals surface area contributed by atoms with Gasteiger partial charge in [-0.25, -0.2) is 4.39 Å². The van der Waals surface area contributed by atoms with Gasteiger partial charge in [0.25, 0.3) is 11.6 Å². The fourth-order valence-corrected chi connectivity index (χ4v) is 2.14. The van der Waals surface area contributed by atoms with Gasteiger partial charge < -0.3 is 5.32 Å². The van der Waals surface area contributed by atoms with Gasteiger partial charge in [-0.05, 0) is 53.2 Å². The Hall–Kier alpha value is -2.28. The third kappa shape index (κ3) is 3.43. The number of hydrogen-bond donors (Lipinski definition) is 1. The van der Waals surface area contributed by atoms with Crippen LogP contribution in [0.4, 0.5) is 15.8 Å². The smallest absolute Gasteiger partial charge is 0.272 e. The van der Waals surface area contributed by atoms with Crippen molar-refractivity contribution in [1.82, 2.24) is 0 Å². The number of rotatable bonds is 3. The van der Waals surface area contributed by atoms with Gasteiger partial charge in [0, 0.05) is 21.7 Å². The molecule has 0 aliphatic rings. The van der Waals surface area contributed by atoms with E-state index in [1.807, 2.05) is 0 Å². The van der Waals surface area contributed by atoms with Crippen LogP contribution < -0.4 is 5.32 Å². The number of halogens is 2. The van der Waals surface area contributed by atoms with Gasteiger partial charge >= 0.3 is 0 Å². The quantitative estimate of drug-likeness (QED) is 0.668. The summed E-state index contributed by atoms with van der Waals surface area (Å²) < 4.78 is 13.7. The minimum Gasteiger partial charge on any atom is -0.321 e. The van der Waals surface area contributed by atoms with Gasteiger partial charge in [0.15, 0.2) is 0 Å². The van der Waals surface area contributed by atoms with Crippen LogP contribution in [-0.4, -0.2) is 10.8 Å². The van der Waals surface area contributed by atoms with E-state index in [4.69, 9.17) is 0 Å². The molecule has 5 nitrogen and oxygen atoms in total. The number of aryl methyl sites for hydroxylation is 1. The molecular formula is C14H10BrFN2O3. The Bertz CT molecular complexity index is 734. The Morgan fingerprint density at radius 2 is 2.00 bits per heavy atom. The van der Waals surface area contributed by atoms with Crippen molar-refractivity contribution in [2.45, 2.75) is 6.92 Å². The van der Waals surface area contributed by atoms with Crippen molar-refractivity contribution in [2.75, 3.05) is 5.32 Å². The van der Waals surface area contributed by atoms with E-state index in [2.05, 4.69) is 21.2 Å². The fraction of sp³-hybridized carbons (Fsp3) is 0.0714. The molecule has 0 aromatic heterocycles. The molecule has 0 saturated carbocycles. The lowest BCUT2D eigenvalue weighted by Crippen LogP contribution is -2.13. The highest BCUT2D eigenvalue weighted by Crippen LogP contribution is 2.24. The van der Waals surface area contributed by atoms with Gasteiger partial charge in [-0.15, -0.1) is 0 Å². The van der Waals surface area contributed by atoms with Crippen molar-refractivity contribution < 1.29 is 14.1 Å². The molecule has 0 atom stereocenters. The number of hydrogen-bond acceptors (Lipinski definition) is 3. The van der Waals surface area contributed by atoms with Crippen LogP contribution in [0.3, 0.4) is 0 Å². The fourth-order valence-electron chi connectivity index (χ4n) is 1.79. The van der Waals surface area contributed by atoms with E-state index < -0.39 is 16.6 Å². The second-order valence-electron chi connectivity index (χ2n) is 4.34. The monoisotopic (exact) mass is 352 g/mol. The number of carbonyl (C=O) groups is 1. The SMILES string of the molecule is Cc1cc(C(=O)Nc2cc(F)ccc2Br)ccc1[N+](=O)[O-]. The first kappa shape index (κ1) is 15.1. The number of nitro groups is 1. The van der Waals surface area contributed by atoms with E-state index in [-0.39, 0.29) is 16.9 Å². The van der Waals surface area contributed by atoms with E-state index in [1.54, 1.807) is 6.92 Å². The van der Waals surface area contributed by atoms with Crippen molar-refractivity contribution in [3.8, 4) is 0 Å². The number of nitrogens with zero attached hydrogens (tertiary/aromatic N) is 1. The zero-order valence-corrected chi connectivity index (χ0v) is 12.5. The molecule has 0 heterocycles. The van der Waals surface area contributed by atoms with Gasteiger partial charge in [-0.2, -0.15) is 0 Å². The van der Waals surface area contributed by atoms with Crippen molar-refractivity contribution >= 4 is 33.2 Å². The molecule has 0 radical (unpaired) electrons. The average Bonchev–Trinajstić information content (AvgIpc) is 2.42. The summed E-state index contributed by atoms with van der Waals surface area (Å²) in [6.07, 6.45) is 0. The number of nitrogens with one attached hydrogen (secondary N) is 1. The summed E-state index contributed by atoms with van der Waals surface area (Å²) in [5.41, 5.74) is 0.870. The predicted molar refractivity (Wildman–Crippen MR) is 79.9 cm³/mol. The van der Waals surface area contributed by atoms with E-state index in [9.17, 15) is 19.3 Å². The van der Waals surface area contributed by atoms with Crippen LogP contribution in [0.1, 0.15) is 15.9 Å². The molecule has 0 saturated heterocycles. The molecule has 0 aliphatic heterocycles. The zero-order chi connectivity index (χ0) is 15.6. The van der Waals surface area contributed by atoms with Crippen LogP contribution >= 0.6 is 15.9 Å². The van der Waals surface area contributed by atoms with E-state index in [0.29, 0.717) is 10.0 Å². The molecule has 2 aromatic carbocycles. The standard InChI is InChI=1S/C14H10BrFN2O3/c1-8-6-9(2-5-13(8)18(20)21)14(19)17-12-7-10(16)3-4-11(12)15/h2-7H,1H3,(H,17,19). The Morgan fingerprint density at radius 1 is 1.29 bits per heavy atom. The van der Waals surface area contributed by atoms with Crippen LogP contribution in [0.25, 0.3) is 0 Å². The third-order valence-corrected chi connectivity index (χ3v) is 3.52. The highest BCUT2D eigenvalue weighted by Gasteiger charge is 2.14. The molecule has 0 unspecified atom stereocenters. The summed E-state index contributed by atoms with van der Waals surface area (Å²) in [6.45, 7) is 1.55. The molecule has 0 bridgehead atoms. The minimum atomic E-state index is -0.514. The Labute approximate surface area is 128 Å². The van der Waals surface area contributed by atoms with Gasteiger partial charge in [0.2, 0.25) is 0 Å². The third-order valence-electron chi connectivity index (χ3n) is 2.83. The summed E-state index contributed by atoms with van der Waals surface area (Å²) in [6, 6.07) is 7.96. The summed E-state index contributed by atoms with van der Waals surface area (Å²) >= 11 is 3.21. The lowest BCUT2D eigenvalue weighted by atomic mass is 10.1. The Kier molecular flexibility index (Phi) is 4.32. The molecule has 0 spiro atoms.